The molecule has 2 fully saturated rings. The van der Waals surface area contributed by atoms with Crippen molar-refractivity contribution >= 4 is 11.6 Å². The summed E-state index contributed by atoms with van der Waals surface area (Å²) in [5.41, 5.74) is -3.24. The normalized spacial score (nSPS) is 47.5. The molecule has 0 aromatic rings. The van der Waals surface area contributed by atoms with E-state index in [0.717, 1.165) is 0 Å². The van der Waals surface area contributed by atoms with E-state index >= 15 is 0 Å². The van der Waals surface area contributed by atoms with Crippen LogP contribution in [0.15, 0.2) is 24.3 Å². The van der Waals surface area contributed by atoms with Crippen LogP contribution in [0.1, 0.15) is 53.4 Å². The number of ketones is 2. The van der Waals surface area contributed by atoms with Crippen LogP contribution in [-0.2, 0) is 9.59 Å². The third-order valence-corrected chi connectivity index (χ3v) is 7.19. The van der Waals surface area contributed by atoms with Crippen LogP contribution in [-0.4, -0.2) is 33.5 Å². The highest BCUT2D eigenvalue weighted by molar-refractivity contribution is 5.95. The Balaban J connectivity index is 2.22. The molecule has 0 aromatic carbocycles. The monoisotopic (exact) mass is 332 g/mol. The molecule has 2 N–H and O–H groups in total. The van der Waals surface area contributed by atoms with Crippen LogP contribution in [0.5, 0.6) is 0 Å². The lowest BCUT2D eigenvalue weighted by Gasteiger charge is -2.62. The minimum absolute atomic E-state index is 0.146. The van der Waals surface area contributed by atoms with E-state index in [-0.39, 0.29) is 23.9 Å². The summed E-state index contributed by atoms with van der Waals surface area (Å²) in [5, 5.41) is 22.4. The van der Waals surface area contributed by atoms with E-state index in [9.17, 15) is 19.8 Å². The summed E-state index contributed by atoms with van der Waals surface area (Å²) in [7, 11) is 0. The Kier molecular flexibility index (Phi) is 3.58. The maximum absolute atomic E-state index is 13.1. The highest BCUT2D eigenvalue weighted by atomic mass is 16.3. The molecule has 0 spiro atoms. The van der Waals surface area contributed by atoms with Gasteiger partial charge in [-0.15, -0.1) is 6.58 Å². The van der Waals surface area contributed by atoms with Crippen LogP contribution in [0, 0.1) is 22.2 Å². The molecule has 4 nitrogen and oxygen atoms in total. The smallest absolute Gasteiger partial charge is 0.170 e. The molecular formula is C20H28O4. The number of hydrogen-bond donors (Lipinski definition) is 2. The van der Waals surface area contributed by atoms with Gasteiger partial charge >= 0.3 is 0 Å². The third-order valence-electron chi connectivity index (χ3n) is 7.19. The van der Waals surface area contributed by atoms with Crippen molar-refractivity contribution in [3.63, 3.8) is 0 Å². The van der Waals surface area contributed by atoms with Crippen molar-refractivity contribution in [3.8, 4) is 0 Å². The van der Waals surface area contributed by atoms with Crippen molar-refractivity contribution in [3.05, 3.63) is 24.3 Å². The zero-order chi connectivity index (χ0) is 18.1. The number of rotatable bonds is 1. The molecule has 0 unspecified atom stereocenters. The lowest BCUT2D eigenvalue weighted by molar-refractivity contribution is -0.190. The summed E-state index contributed by atoms with van der Waals surface area (Å²) in [4.78, 5) is 25.5. The zero-order valence-corrected chi connectivity index (χ0v) is 15.1. The molecule has 3 rings (SSSR count). The quantitative estimate of drug-likeness (QED) is 0.724. The van der Waals surface area contributed by atoms with Gasteiger partial charge in [-0.25, -0.2) is 0 Å². The lowest BCUT2D eigenvalue weighted by Crippen LogP contribution is -2.69. The summed E-state index contributed by atoms with van der Waals surface area (Å²) >= 11 is 0. The van der Waals surface area contributed by atoms with E-state index in [1.54, 1.807) is 6.08 Å². The second-order valence-electron chi connectivity index (χ2n) is 8.99. The second-order valence-corrected chi connectivity index (χ2v) is 8.99. The van der Waals surface area contributed by atoms with Gasteiger partial charge in [-0.3, -0.25) is 9.59 Å². The first-order valence-electron chi connectivity index (χ1n) is 8.76. The van der Waals surface area contributed by atoms with E-state index < -0.39 is 27.9 Å². The fraction of sp³-hybridized carbons (Fsp3) is 0.700. The predicted molar refractivity (Wildman–Crippen MR) is 91.2 cm³/mol. The number of allylic oxidation sites excluding steroid dienone is 2. The van der Waals surface area contributed by atoms with Gasteiger partial charge in [0.1, 0.15) is 5.78 Å². The Bertz CT molecular complexity index is 661. The summed E-state index contributed by atoms with van der Waals surface area (Å²) in [5.74, 6) is -0.355. The highest BCUT2D eigenvalue weighted by Gasteiger charge is 2.68. The molecule has 3 aliphatic rings. The molecule has 0 aromatic heterocycles. The third kappa shape index (κ3) is 1.93. The lowest BCUT2D eigenvalue weighted by atomic mass is 9.42. The minimum Gasteiger partial charge on any atom is -0.389 e. The largest absolute Gasteiger partial charge is 0.389 e. The molecule has 24 heavy (non-hydrogen) atoms. The summed E-state index contributed by atoms with van der Waals surface area (Å²) in [6.45, 7) is 11.4. The number of carbonyl (C=O) groups excluding carboxylic acids is 2. The predicted octanol–water partition coefficient (Wildman–Crippen LogP) is 2.59. The summed E-state index contributed by atoms with van der Waals surface area (Å²) < 4.78 is 0. The molecule has 5 atom stereocenters. The molecule has 0 amide bonds. The van der Waals surface area contributed by atoms with Gasteiger partial charge in [0.2, 0.25) is 0 Å². The number of fused-ring (bicyclic) bond motifs is 3. The van der Waals surface area contributed by atoms with Crippen molar-refractivity contribution in [1.29, 1.82) is 0 Å². The van der Waals surface area contributed by atoms with Gasteiger partial charge in [0.15, 0.2) is 11.4 Å². The van der Waals surface area contributed by atoms with Gasteiger partial charge in [0, 0.05) is 29.1 Å². The Morgan fingerprint density at radius 1 is 1.21 bits per heavy atom. The highest BCUT2D eigenvalue weighted by Crippen LogP contribution is 2.63. The molecule has 0 aliphatic heterocycles. The zero-order valence-electron chi connectivity index (χ0n) is 15.1. The van der Waals surface area contributed by atoms with Crippen molar-refractivity contribution in [2.75, 3.05) is 0 Å². The molecule has 4 heteroatoms. The van der Waals surface area contributed by atoms with Crippen LogP contribution in [0.25, 0.3) is 0 Å². The molecule has 0 saturated heterocycles. The van der Waals surface area contributed by atoms with E-state index in [1.165, 1.54) is 0 Å². The first-order valence-corrected chi connectivity index (χ1v) is 8.76. The first-order chi connectivity index (χ1) is 10.9. The molecular weight excluding hydrogens is 304 g/mol. The molecule has 132 valence electrons. The Morgan fingerprint density at radius 2 is 1.83 bits per heavy atom. The average molecular weight is 332 g/mol. The van der Waals surface area contributed by atoms with E-state index in [4.69, 9.17) is 0 Å². The van der Waals surface area contributed by atoms with Crippen LogP contribution >= 0.6 is 0 Å². The van der Waals surface area contributed by atoms with Gasteiger partial charge in [-0.2, -0.15) is 0 Å². The van der Waals surface area contributed by atoms with Crippen molar-refractivity contribution < 1.29 is 19.8 Å². The van der Waals surface area contributed by atoms with Gasteiger partial charge in [0.25, 0.3) is 0 Å². The Morgan fingerprint density at radius 3 is 2.42 bits per heavy atom. The van der Waals surface area contributed by atoms with Crippen LogP contribution < -0.4 is 0 Å². The molecule has 2 saturated carbocycles. The summed E-state index contributed by atoms with van der Waals surface area (Å²) in [6.07, 6.45) is 4.00. The second kappa shape index (κ2) is 4.89. The fourth-order valence-corrected chi connectivity index (χ4v) is 5.46. The van der Waals surface area contributed by atoms with Crippen LogP contribution in [0.4, 0.5) is 0 Å². The SMILES string of the molecule is C=C[C@]1(C)C=C2[C@@H](O)C[C@H]3C(C)(C)C(=O)CC[C@]3(C)[C@]2(O)C(=O)C1. The molecule has 0 heterocycles. The fourth-order valence-electron chi connectivity index (χ4n) is 5.46. The van der Waals surface area contributed by atoms with Crippen molar-refractivity contribution in [2.24, 2.45) is 22.2 Å². The van der Waals surface area contributed by atoms with E-state index in [1.807, 2.05) is 33.8 Å². The van der Waals surface area contributed by atoms with Gasteiger partial charge in [-0.05, 0) is 24.3 Å². The van der Waals surface area contributed by atoms with Crippen molar-refractivity contribution in [2.45, 2.75) is 65.1 Å². The van der Waals surface area contributed by atoms with Gasteiger partial charge in [0.05, 0.1) is 6.10 Å². The topological polar surface area (TPSA) is 74.6 Å². The maximum Gasteiger partial charge on any atom is 0.170 e. The maximum atomic E-state index is 13.1. The van der Waals surface area contributed by atoms with Crippen LogP contribution in [0.3, 0.4) is 0 Å². The van der Waals surface area contributed by atoms with Gasteiger partial charge in [-0.1, -0.05) is 39.8 Å². The number of aliphatic hydroxyl groups is 2. The minimum atomic E-state index is -1.70. The first kappa shape index (κ1) is 17.6. The molecule has 0 bridgehead atoms. The average Bonchev–Trinajstić information content (AvgIpc) is 2.50. The van der Waals surface area contributed by atoms with Gasteiger partial charge < -0.3 is 10.2 Å². The molecule has 3 aliphatic carbocycles. The summed E-state index contributed by atoms with van der Waals surface area (Å²) in [6, 6.07) is 0. The Labute approximate surface area is 143 Å². The Hall–Kier alpha value is -1.26. The number of hydrogen-bond acceptors (Lipinski definition) is 4. The van der Waals surface area contributed by atoms with E-state index in [0.29, 0.717) is 24.8 Å². The van der Waals surface area contributed by atoms with E-state index in [2.05, 4.69) is 6.58 Å². The number of Topliss-reactive ketones (excluding diaryl/α,β-unsaturated/α-hetero) is 2. The standard InChI is InChI=1S/C20H28O4/c1-6-18(4)10-12-13(21)9-14-17(2,3)15(22)7-8-19(14,5)20(12,24)16(23)11-18/h6,10,13-14,21,24H,1,7-9,11H2,2-5H3/t13-,14-,18+,19-,20+/m0/s1. The molecule has 0 radical (unpaired) electrons. The van der Waals surface area contributed by atoms with Crippen LogP contribution in [0.2, 0.25) is 0 Å². The number of carbonyl (C=O) groups is 2. The van der Waals surface area contributed by atoms with Crippen molar-refractivity contribution in [1.82, 2.24) is 0 Å². The number of aliphatic hydroxyl groups excluding tert-OH is 1.